The van der Waals surface area contributed by atoms with Gasteiger partial charge in [0.2, 0.25) is 10.0 Å². The second-order valence-electron chi connectivity index (χ2n) is 5.41. The summed E-state index contributed by atoms with van der Waals surface area (Å²) in [6.45, 7) is 2.28. The van der Waals surface area contributed by atoms with Crippen LogP contribution in [0.2, 0.25) is 0 Å². The smallest absolute Gasteiger partial charge is 0.250 e. The number of thiophene rings is 1. The van der Waals surface area contributed by atoms with Gasteiger partial charge in [0.1, 0.15) is 9.97 Å². The predicted molar refractivity (Wildman–Crippen MR) is 86.4 cm³/mol. The maximum atomic E-state index is 12.3. The number of hydrogen-bond acceptors (Lipinski definition) is 5. The van der Waals surface area contributed by atoms with Gasteiger partial charge in [-0.05, 0) is 49.5 Å². The molecule has 1 atom stereocenters. The van der Waals surface area contributed by atoms with Gasteiger partial charge in [-0.15, -0.1) is 11.3 Å². The van der Waals surface area contributed by atoms with Crippen molar-refractivity contribution >= 4 is 21.4 Å². The summed E-state index contributed by atoms with van der Waals surface area (Å²) in [4.78, 5) is 2.30. The Morgan fingerprint density at radius 1 is 1.23 bits per heavy atom. The Kier molecular flexibility index (Phi) is 4.97. The molecule has 0 spiro atoms. The van der Waals surface area contributed by atoms with Crippen LogP contribution >= 0.6 is 11.3 Å². The summed E-state index contributed by atoms with van der Waals surface area (Å²) in [5, 5.41) is 1.77. The maximum absolute atomic E-state index is 12.3. The highest BCUT2D eigenvalue weighted by Gasteiger charge is 2.26. The monoisotopic (exact) mass is 340 g/mol. The van der Waals surface area contributed by atoms with Crippen molar-refractivity contribution in [3.63, 3.8) is 0 Å². The number of hydrogen-bond donors (Lipinski definition) is 1. The summed E-state index contributed by atoms with van der Waals surface area (Å²) >= 11 is 1.23. The van der Waals surface area contributed by atoms with Crippen molar-refractivity contribution < 1.29 is 12.8 Å². The largest absolute Gasteiger partial charge is 0.468 e. The molecular weight excluding hydrogens is 320 g/mol. The van der Waals surface area contributed by atoms with Crippen LogP contribution in [0, 0.1) is 0 Å². The molecule has 2 aromatic heterocycles. The summed E-state index contributed by atoms with van der Waals surface area (Å²) in [6, 6.07) is 7.08. The minimum Gasteiger partial charge on any atom is -0.468 e. The quantitative estimate of drug-likeness (QED) is 0.878. The van der Waals surface area contributed by atoms with E-state index in [2.05, 4.69) is 9.62 Å². The van der Waals surface area contributed by atoms with Gasteiger partial charge in [0.25, 0.3) is 0 Å². The van der Waals surface area contributed by atoms with Gasteiger partial charge in [-0.1, -0.05) is 12.5 Å². The molecule has 5 nitrogen and oxygen atoms in total. The third-order valence-corrected chi connectivity index (χ3v) is 6.75. The normalized spacial score (nSPS) is 18.4. The molecule has 3 heterocycles. The topological polar surface area (TPSA) is 62.6 Å². The SMILES string of the molecule is O=S(=O)(NC[C@@H](c1ccco1)N1CCCCC1)c1cccs1. The summed E-state index contributed by atoms with van der Waals surface area (Å²) < 4.78 is 33.2. The van der Waals surface area contributed by atoms with Crippen molar-refractivity contribution in [1.82, 2.24) is 9.62 Å². The third-order valence-electron chi connectivity index (χ3n) is 3.93. The second-order valence-corrected chi connectivity index (χ2v) is 8.35. The van der Waals surface area contributed by atoms with Crippen LogP contribution in [0.1, 0.15) is 31.1 Å². The fourth-order valence-electron chi connectivity index (χ4n) is 2.80. The summed E-state index contributed by atoms with van der Waals surface area (Å²) in [5.41, 5.74) is 0. The van der Waals surface area contributed by atoms with Crippen molar-refractivity contribution in [2.75, 3.05) is 19.6 Å². The Balaban J connectivity index is 1.73. The van der Waals surface area contributed by atoms with Gasteiger partial charge in [0, 0.05) is 6.54 Å². The molecule has 1 N–H and O–H groups in total. The second kappa shape index (κ2) is 6.95. The van der Waals surface area contributed by atoms with Gasteiger partial charge in [0.05, 0.1) is 12.3 Å². The zero-order valence-corrected chi connectivity index (χ0v) is 13.9. The Hall–Kier alpha value is -1.15. The molecule has 1 aliphatic rings. The molecular formula is C15H20N2O3S2. The van der Waals surface area contributed by atoms with E-state index in [9.17, 15) is 8.42 Å². The van der Waals surface area contributed by atoms with Crippen LogP contribution < -0.4 is 4.72 Å². The van der Waals surface area contributed by atoms with Crippen LogP contribution in [0.15, 0.2) is 44.5 Å². The standard InChI is InChI=1S/C15H20N2O3S2/c18-22(19,15-7-5-11-21-15)16-12-13(14-6-4-10-20-14)17-8-2-1-3-9-17/h4-7,10-11,13,16H,1-3,8-9,12H2/t13-/m0/s1. The number of likely N-dealkylation sites (tertiary alicyclic amines) is 1. The Morgan fingerprint density at radius 2 is 2.05 bits per heavy atom. The summed E-state index contributed by atoms with van der Waals surface area (Å²) in [7, 11) is -3.44. The highest BCUT2D eigenvalue weighted by Crippen LogP contribution is 2.25. The molecule has 1 fully saturated rings. The van der Waals surface area contributed by atoms with Gasteiger partial charge in [-0.2, -0.15) is 0 Å². The average Bonchev–Trinajstić information content (AvgIpc) is 3.22. The molecule has 1 aliphatic heterocycles. The first-order chi connectivity index (χ1) is 10.7. The van der Waals surface area contributed by atoms with Gasteiger partial charge in [0.15, 0.2) is 0 Å². The number of nitrogens with one attached hydrogen (secondary N) is 1. The number of rotatable bonds is 6. The Bertz CT molecular complexity index is 660. The molecule has 3 rings (SSSR count). The molecule has 1 saturated heterocycles. The minimum atomic E-state index is -3.44. The zero-order valence-electron chi connectivity index (χ0n) is 12.3. The van der Waals surface area contributed by atoms with Gasteiger partial charge < -0.3 is 4.42 Å². The highest BCUT2D eigenvalue weighted by molar-refractivity contribution is 7.91. The first-order valence-corrected chi connectivity index (χ1v) is 9.84. The highest BCUT2D eigenvalue weighted by atomic mass is 32.2. The van der Waals surface area contributed by atoms with Crippen molar-refractivity contribution in [2.45, 2.75) is 29.5 Å². The summed E-state index contributed by atoms with van der Waals surface area (Å²) in [6.07, 6.45) is 5.17. The molecule has 120 valence electrons. The van der Waals surface area contributed by atoms with E-state index in [0.717, 1.165) is 31.7 Å². The van der Waals surface area contributed by atoms with E-state index < -0.39 is 10.0 Å². The molecule has 0 amide bonds. The number of furan rings is 1. The zero-order chi connectivity index (χ0) is 15.4. The fraction of sp³-hybridized carbons (Fsp3) is 0.467. The first-order valence-electron chi connectivity index (χ1n) is 7.47. The molecule has 0 unspecified atom stereocenters. The van der Waals surface area contributed by atoms with Crippen LogP contribution in [0.4, 0.5) is 0 Å². The lowest BCUT2D eigenvalue weighted by atomic mass is 10.1. The predicted octanol–water partition coefficient (Wildman–Crippen LogP) is 2.85. The fourth-order valence-corrected chi connectivity index (χ4v) is 4.87. The van der Waals surface area contributed by atoms with Crippen molar-refractivity contribution in [2.24, 2.45) is 0 Å². The lowest BCUT2D eigenvalue weighted by Gasteiger charge is -2.33. The molecule has 22 heavy (non-hydrogen) atoms. The van der Waals surface area contributed by atoms with Crippen molar-refractivity contribution in [1.29, 1.82) is 0 Å². The third kappa shape index (κ3) is 3.60. The Labute approximate surface area is 135 Å². The number of nitrogens with zero attached hydrogens (tertiary/aromatic N) is 1. The number of piperidine rings is 1. The van der Waals surface area contributed by atoms with Crippen molar-refractivity contribution in [3.8, 4) is 0 Å². The molecule has 7 heteroatoms. The maximum Gasteiger partial charge on any atom is 0.250 e. The van der Waals surface area contributed by atoms with Gasteiger partial charge >= 0.3 is 0 Å². The lowest BCUT2D eigenvalue weighted by Crippen LogP contribution is -2.40. The molecule has 0 aromatic carbocycles. The van der Waals surface area contributed by atoms with Gasteiger partial charge in [-0.25, -0.2) is 13.1 Å². The van der Waals surface area contributed by atoms with E-state index in [4.69, 9.17) is 4.42 Å². The van der Waals surface area contributed by atoms with E-state index >= 15 is 0 Å². The summed E-state index contributed by atoms with van der Waals surface area (Å²) in [5.74, 6) is 0.816. The molecule has 0 aliphatic carbocycles. The lowest BCUT2D eigenvalue weighted by molar-refractivity contribution is 0.147. The van der Waals surface area contributed by atoms with Crippen LogP contribution in [0.25, 0.3) is 0 Å². The van der Waals surface area contributed by atoms with E-state index in [1.807, 2.05) is 12.1 Å². The average molecular weight is 340 g/mol. The molecule has 0 saturated carbocycles. The van der Waals surface area contributed by atoms with Crippen LogP contribution in [-0.2, 0) is 10.0 Å². The van der Waals surface area contributed by atoms with E-state index in [0.29, 0.717) is 10.8 Å². The van der Waals surface area contributed by atoms with Crippen LogP contribution in [0.3, 0.4) is 0 Å². The van der Waals surface area contributed by atoms with E-state index in [-0.39, 0.29) is 6.04 Å². The van der Waals surface area contributed by atoms with E-state index in [1.54, 1.807) is 23.8 Å². The number of sulfonamides is 1. The molecule has 2 aromatic rings. The first kappa shape index (κ1) is 15.7. The van der Waals surface area contributed by atoms with E-state index in [1.165, 1.54) is 17.8 Å². The van der Waals surface area contributed by atoms with Crippen LogP contribution in [-0.4, -0.2) is 33.0 Å². The van der Waals surface area contributed by atoms with Crippen LogP contribution in [0.5, 0.6) is 0 Å². The minimum absolute atomic E-state index is 0.0509. The van der Waals surface area contributed by atoms with Gasteiger partial charge in [-0.3, -0.25) is 4.90 Å². The molecule has 0 radical (unpaired) electrons. The Morgan fingerprint density at radius 3 is 2.68 bits per heavy atom. The molecule has 0 bridgehead atoms. The van der Waals surface area contributed by atoms with Crippen molar-refractivity contribution in [3.05, 3.63) is 41.7 Å².